The van der Waals surface area contributed by atoms with Crippen LogP contribution in [0.4, 0.5) is 22.7 Å². The van der Waals surface area contributed by atoms with Crippen LogP contribution in [0.1, 0.15) is 0 Å². The van der Waals surface area contributed by atoms with Gasteiger partial charge in [-0.1, -0.05) is 34.8 Å². The van der Waals surface area contributed by atoms with Crippen LogP contribution in [-0.2, 0) is 0 Å². The van der Waals surface area contributed by atoms with Gasteiger partial charge in [-0.15, -0.1) is 0 Å². The number of nitrogens with one attached hydrogen (secondary N) is 2. The number of non-ortho nitro benzene ring substituents is 1. The Labute approximate surface area is 144 Å². The Bertz CT molecular complexity index is 800. The van der Waals surface area contributed by atoms with Crippen LogP contribution in [0.15, 0.2) is 30.3 Å². The topological polar surface area (TPSA) is 110 Å². The van der Waals surface area contributed by atoms with Gasteiger partial charge in [0.15, 0.2) is 0 Å². The number of anilines is 2. The number of nitro groups is 2. The number of nitrogens with zero attached hydrogens (tertiary/aromatic N) is 2. The molecule has 2 rings (SSSR count). The molecular weight excluding hydrogens is 371 g/mol. The summed E-state index contributed by atoms with van der Waals surface area (Å²) in [7, 11) is 0. The van der Waals surface area contributed by atoms with Crippen molar-refractivity contribution in [2.75, 3.05) is 10.9 Å². The summed E-state index contributed by atoms with van der Waals surface area (Å²) in [5.74, 6) is 0. The van der Waals surface area contributed by atoms with Gasteiger partial charge in [-0.2, -0.15) is 0 Å². The third kappa shape index (κ3) is 3.92. The lowest BCUT2D eigenvalue weighted by atomic mass is 10.3. The van der Waals surface area contributed by atoms with Crippen molar-refractivity contribution in [1.29, 1.82) is 0 Å². The van der Waals surface area contributed by atoms with E-state index in [4.69, 9.17) is 34.8 Å². The monoisotopic (exact) mass is 376 g/mol. The van der Waals surface area contributed by atoms with Gasteiger partial charge < -0.3 is 0 Å². The van der Waals surface area contributed by atoms with Crippen molar-refractivity contribution >= 4 is 57.6 Å². The Kier molecular flexibility index (Phi) is 5.09. The third-order valence-corrected chi connectivity index (χ3v) is 3.66. The largest absolute Gasteiger partial charge is 0.299 e. The van der Waals surface area contributed by atoms with Crippen molar-refractivity contribution in [2.45, 2.75) is 0 Å². The average Bonchev–Trinajstić information content (AvgIpc) is 2.48. The van der Waals surface area contributed by atoms with E-state index in [1.54, 1.807) is 0 Å². The van der Waals surface area contributed by atoms with Gasteiger partial charge >= 0.3 is 0 Å². The van der Waals surface area contributed by atoms with E-state index < -0.39 is 9.85 Å². The first-order valence-corrected chi connectivity index (χ1v) is 7.02. The van der Waals surface area contributed by atoms with E-state index in [0.717, 1.165) is 6.07 Å². The lowest BCUT2D eigenvalue weighted by Crippen LogP contribution is -2.10. The molecule has 2 aromatic rings. The van der Waals surface area contributed by atoms with E-state index in [1.807, 2.05) is 0 Å². The second-order valence-electron chi connectivity index (χ2n) is 4.21. The van der Waals surface area contributed by atoms with Crippen molar-refractivity contribution in [3.63, 3.8) is 0 Å². The maximum absolute atomic E-state index is 10.8. The van der Waals surface area contributed by atoms with E-state index in [-0.39, 0.29) is 32.1 Å². The number of halogens is 3. The molecule has 8 nitrogen and oxygen atoms in total. The maximum Gasteiger partial charge on any atom is 0.289 e. The highest BCUT2D eigenvalue weighted by Gasteiger charge is 2.16. The Morgan fingerprint density at radius 2 is 1.39 bits per heavy atom. The van der Waals surface area contributed by atoms with Crippen LogP contribution >= 0.6 is 34.8 Å². The highest BCUT2D eigenvalue weighted by Crippen LogP contribution is 2.34. The standard InChI is InChI=1S/C12H7Cl3N4O4/c13-7-3-6(18(20)21)1-2-10(7)16-17-11-4-9(15)12(19(22)23)5-8(11)14/h1-5,16-17H. The minimum Gasteiger partial charge on any atom is -0.299 e. The maximum atomic E-state index is 10.8. The summed E-state index contributed by atoms with van der Waals surface area (Å²) >= 11 is 17.6. The quantitative estimate of drug-likeness (QED) is 0.566. The Balaban J connectivity index is 2.20. The molecule has 0 bridgehead atoms. The van der Waals surface area contributed by atoms with Gasteiger partial charge in [0.1, 0.15) is 5.02 Å². The van der Waals surface area contributed by atoms with Crippen molar-refractivity contribution in [3.05, 3.63) is 65.6 Å². The average molecular weight is 378 g/mol. The second-order valence-corrected chi connectivity index (χ2v) is 5.43. The summed E-state index contributed by atoms with van der Waals surface area (Å²) in [4.78, 5) is 20.2. The van der Waals surface area contributed by atoms with Gasteiger partial charge in [0.2, 0.25) is 0 Å². The van der Waals surface area contributed by atoms with Gasteiger partial charge in [-0.3, -0.25) is 31.1 Å². The van der Waals surface area contributed by atoms with Gasteiger partial charge in [-0.05, 0) is 12.1 Å². The second kappa shape index (κ2) is 6.86. The zero-order chi connectivity index (χ0) is 17.1. The predicted molar refractivity (Wildman–Crippen MR) is 88.5 cm³/mol. The molecule has 0 fully saturated rings. The van der Waals surface area contributed by atoms with Crippen molar-refractivity contribution < 1.29 is 9.85 Å². The number of hydrazine groups is 1. The summed E-state index contributed by atoms with van der Waals surface area (Å²) in [6.45, 7) is 0. The minimum atomic E-state index is -0.654. The molecule has 0 aromatic heterocycles. The van der Waals surface area contributed by atoms with Gasteiger partial charge in [-0.25, -0.2) is 0 Å². The first-order valence-electron chi connectivity index (χ1n) is 5.89. The molecule has 0 heterocycles. The molecule has 0 saturated carbocycles. The normalized spacial score (nSPS) is 10.2. The van der Waals surface area contributed by atoms with Crippen LogP contribution in [0.3, 0.4) is 0 Å². The van der Waals surface area contributed by atoms with Crippen LogP contribution < -0.4 is 10.9 Å². The molecule has 0 spiro atoms. The molecule has 120 valence electrons. The fourth-order valence-corrected chi connectivity index (χ4v) is 2.29. The molecule has 0 aliphatic rings. The molecule has 0 atom stereocenters. The van der Waals surface area contributed by atoms with E-state index in [2.05, 4.69) is 10.9 Å². The lowest BCUT2D eigenvalue weighted by molar-refractivity contribution is -0.384. The summed E-state index contributed by atoms with van der Waals surface area (Å²) < 4.78 is 0. The highest BCUT2D eigenvalue weighted by molar-refractivity contribution is 6.37. The fourth-order valence-electron chi connectivity index (χ4n) is 1.63. The molecule has 0 aliphatic carbocycles. The van der Waals surface area contributed by atoms with Gasteiger partial charge in [0, 0.05) is 18.2 Å². The van der Waals surface area contributed by atoms with Crippen LogP contribution in [0.25, 0.3) is 0 Å². The number of hydrogen-bond acceptors (Lipinski definition) is 6. The molecule has 0 unspecified atom stereocenters. The van der Waals surface area contributed by atoms with E-state index in [0.29, 0.717) is 5.69 Å². The Hall–Kier alpha value is -2.29. The molecular formula is C12H7Cl3N4O4. The number of nitro benzene ring substituents is 2. The summed E-state index contributed by atoms with van der Waals surface area (Å²) in [6.07, 6.45) is 0. The highest BCUT2D eigenvalue weighted by atomic mass is 35.5. The molecule has 0 radical (unpaired) electrons. The van der Waals surface area contributed by atoms with Crippen LogP contribution in [0.5, 0.6) is 0 Å². The Morgan fingerprint density at radius 3 is 1.96 bits per heavy atom. The van der Waals surface area contributed by atoms with Crippen molar-refractivity contribution in [1.82, 2.24) is 0 Å². The SMILES string of the molecule is O=[N+]([O-])c1ccc(NNc2cc(Cl)c([N+](=O)[O-])cc2Cl)c(Cl)c1. The van der Waals surface area contributed by atoms with Crippen LogP contribution in [0, 0.1) is 20.2 Å². The number of rotatable bonds is 5. The molecule has 0 amide bonds. The van der Waals surface area contributed by atoms with Crippen LogP contribution in [-0.4, -0.2) is 9.85 Å². The van der Waals surface area contributed by atoms with Crippen molar-refractivity contribution in [3.8, 4) is 0 Å². The van der Waals surface area contributed by atoms with Gasteiger partial charge in [0.05, 0.1) is 31.3 Å². The molecule has 11 heteroatoms. The summed E-state index contributed by atoms with van der Waals surface area (Å²) in [6, 6.07) is 6.21. The van der Waals surface area contributed by atoms with Crippen LogP contribution in [0.2, 0.25) is 15.1 Å². The van der Waals surface area contributed by atoms with Crippen molar-refractivity contribution in [2.24, 2.45) is 0 Å². The molecule has 2 N–H and O–H groups in total. The van der Waals surface area contributed by atoms with E-state index in [1.165, 1.54) is 24.3 Å². The molecule has 23 heavy (non-hydrogen) atoms. The Morgan fingerprint density at radius 1 is 0.783 bits per heavy atom. The third-order valence-electron chi connectivity index (χ3n) is 2.73. The molecule has 0 saturated heterocycles. The fraction of sp³-hybridized carbons (Fsp3) is 0. The van der Waals surface area contributed by atoms with Gasteiger partial charge in [0.25, 0.3) is 11.4 Å². The first kappa shape index (κ1) is 17.1. The summed E-state index contributed by atoms with van der Waals surface area (Å²) in [5.41, 5.74) is 5.52. The molecule has 0 aliphatic heterocycles. The molecule has 2 aromatic carbocycles. The lowest BCUT2D eigenvalue weighted by Gasteiger charge is -2.12. The smallest absolute Gasteiger partial charge is 0.289 e. The summed E-state index contributed by atoms with van der Waals surface area (Å²) in [5, 5.41) is 21.5. The van der Waals surface area contributed by atoms with E-state index >= 15 is 0 Å². The minimum absolute atomic E-state index is 0.0617. The predicted octanol–water partition coefficient (Wildman–Crippen LogP) is 4.90. The number of hydrogen-bond donors (Lipinski definition) is 2. The zero-order valence-electron chi connectivity index (χ0n) is 11.0. The first-order chi connectivity index (χ1) is 10.8. The number of benzene rings is 2. The zero-order valence-corrected chi connectivity index (χ0v) is 13.3. The van der Waals surface area contributed by atoms with E-state index in [9.17, 15) is 20.2 Å².